The number of carbonyl (C=O) groups is 1. The number of hydrogen-bond donors (Lipinski definition) is 2. The highest BCUT2D eigenvalue weighted by atomic mass is 35.5. The van der Waals surface area contributed by atoms with Crippen LogP contribution in [0.4, 0.5) is 5.82 Å². The summed E-state index contributed by atoms with van der Waals surface area (Å²) in [5.41, 5.74) is 6.96. The van der Waals surface area contributed by atoms with Gasteiger partial charge in [-0.15, -0.1) is 36.2 Å². The summed E-state index contributed by atoms with van der Waals surface area (Å²) in [5, 5.41) is 5.58. The number of thiazole rings is 1. The molecule has 3 rings (SSSR count). The highest BCUT2D eigenvalue weighted by molar-refractivity contribution is 7.09. The van der Waals surface area contributed by atoms with Crippen LogP contribution in [-0.2, 0) is 13.0 Å². The van der Waals surface area contributed by atoms with Crippen LogP contribution in [0.25, 0.3) is 0 Å². The van der Waals surface area contributed by atoms with Crippen LogP contribution in [0, 0.1) is 0 Å². The second-order valence-electron chi connectivity index (χ2n) is 6.27. The zero-order chi connectivity index (χ0) is 17.5. The van der Waals surface area contributed by atoms with Crippen molar-refractivity contribution in [2.45, 2.75) is 38.6 Å². The van der Waals surface area contributed by atoms with Gasteiger partial charge in [0.15, 0.2) is 0 Å². The van der Waals surface area contributed by atoms with Gasteiger partial charge in [0.2, 0.25) is 0 Å². The Labute approximate surface area is 176 Å². The Morgan fingerprint density at radius 3 is 2.56 bits per heavy atom. The van der Waals surface area contributed by atoms with E-state index in [9.17, 15) is 4.79 Å². The topological polar surface area (TPSA) is 84.1 Å². The molecule has 1 fully saturated rings. The number of rotatable bonds is 6. The molecule has 1 aliphatic rings. The van der Waals surface area contributed by atoms with Gasteiger partial charge in [-0.2, -0.15) is 0 Å². The summed E-state index contributed by atoms with van der Waals surface area (Å²) in [5.74, 6) is 0.874. The van der Waals surface area contributed by atoms with Crippen LogP contribution in [0.5, 0.6) is 0 Å². The number of hydrogen-bond acceptors (Lipinski definition) is 6. The Kier molecular flexibility index (Phi) is 10.6. The van der Waals surface area contributed by atoms with E-state index < -0.39 is 0 Å². The van der Waals surface area contributed by atoms with Gasteiger partial charge >= 0.3 is 0 Å². The standard InChI is InChI=1S/C18H25N5OS.2ClH/c19-8-7-17-22-15(13-25-17)18(24)21-12-14-5-6-16(20-11-14)23-9-3-1-2-4-10-23;;/h5-6,11,13H,1-4,7-10,12,19H2,(H,21,24);2*1H. The smallest absolute Gasteiger partial charge is 0.271 e. The maximum absolute atomic E-state index is 12.2. The monoisotopic (exact) mass is 431 g/mol. The van der Waals surface area contributed by atoms with Crippen LogP contribution in [0.3, 0.4) is 0 Å². The normalized spacial score (nSPS) is 13.9. The van der Waals surface area contributed by atoms with Crippen molar-refractivity contribution in [3.8, 4) is 0 Å². The number of carbonyl (C=O) groups excluding carboxylic acids is 1. The van der Waals surface area contributed by atoms with Gasteiger partial charge in [-0.1, -0.05) is 18.9 Å². The molecule has 1 saturated heterocycles. The Hall–Kier alpha value is -1.41. The average molecular weight is 432 g/mol. The summed E-state index contributed by atoms with van der Waals surface area (Å²) in [4.78, 5) is 23.4. The molecule has 2 aromatic heterocycles. The summed E-state index contributed by atoms with van der Waals surface area (Å²) in [6.45, 7) is 3.16. The Bertz CT molecular complexity index is 687. The van der Waals surface area contributed by atoms with Crippen LogP contribution in [0.15, 0.2) is 23.7 Å². The quantitative estimate of drug-likeness (QED) is 0.733. The van der Waals surface area contributed by atoms with Crippen molar-refractivity contribution in [2.24, 2.45) is 5.73 Å². The van der Waals surface area contributed by atoms with Gasteiger partial charge in [-0.05, 0) is 31.0 Å². The number of aromatic nitrogens is 2. The first-order valence-electron chi connectivity index (χ1n) is 8.89. The molecule has 0 atom stereocenters. The predicted octanol–water partition coefficient (Wildman–Crippen LogP) is 3.19. The molecule has 3 heterocycles. The van der Waals surface area contributed by atoms with Crippen LogP contribution in [0.2, 0.25) is 0 Å². The number of anilines is 1. The maximum Gasteiger partial charge on any atom is 0.271 e. The van der Waals surface area contributed by atoms with E-state index in [0.717, 1.165) is 29.5 Å². The molecule has 0 unspecified atom stereocenters. The zero-order valence-electron chi connectivity index (χ0n) is 15.2. The third-order valence-corrected chi connectivity index (χ3v) is 5.24. The molecule has 9 heteroatoms. The highest BCUT2D eigenvalue weighted by Gasteiger charge is 2.12. The molecule has 6 nitrogen and oxygen atoms in total. The summed E-state index contributed by atoms with van der Waals surface area (Å²) < 4.78 is 0. The summed E-state index contributed by atoms with van der Waals surface area (Å²) in [6, 6.07) is 4.09. The van der Waals surface area contributed by atoms with Crippen LogP contribution in [0.1, 0.15) is 46.7 Å². The maximum atomic E-state index is 12.2. The van der Waals surface area contributed by atoms with E-state index in [1.54, 1.807) is 5.38 Å². The van der Waals surface area contributed by atoms with Crippen LogP contribution < -0.4 is 16.0 Å². The Balaban J connectivity index is 0.00000182. The van der Waals surface area contributed by atoms with Crippen molar-refractivity contribution in [2.75, 3.05) is 24.5 Å². The lowest BCUT2D eigenvalue weighted by molar-refractivity contribution is 0.0946. The Morgan fingerprint density at radius 2 is 1.93 bits per heavy atom. The van der Waals surface area contributed by atoms with Crippen LogP contribution >= 0.6 is 36.2 Å². The fourth-order valence-electron chi connectivity index (χ4n) is 2.93. The lowest BCUT2D eigenvalue weighted by Gasteiger charge is -2.21. The first-order valence-corrected chi connectivity index (χ1v) is 9.77. The minimum atomic E-state index is -0.156. The second-order valence-corrected chi connectivity index (χ2v) is 7.22. The lowest BCUT2D eigenvalue weighted by Crippen LogP contribution is -2.25. The minimum absolute atomic E-state index is 0. The fraction of sp³-hybridized carbons (Fsp3) is 0.500. The number of amides is 1. The number of nitrogens with zero attached hydrogens (tertiary/aromatic N) is 3. The van der Waals surface area contributed by atoms with E-state index in [-0.39, 0.29) is 30.7 Å². The molecule has 3 N–H and O–H groups in total. The lowest BCUT2D eigenvalue weighted by atomic mass is 10.2. The molecule has 0 spiro atoms. The van der Waals surface area contributed by atoms with Gasteiger partial charge in [0, 0.05) is 37.6 Å². The zero-order valence-corrected chi connectivity index (χ0v) is 17.7. The first kappa shape index (κ1) is 23.6. The number of nitrogens with one attached hydrogen (secondary N) is 1. The van der Waals surface area contributed by atoms with Crippen molar-refractivity contribution in [1.82, 2.24) is 15.3 Å². The van der Waals surface area contributed by atoms with E-state index in [1.165, 1.54) is 37.0 Å². The number of pyridine rings is 1. The van der Waals surface area contributed by atoms with E-state index in [2.05, 4.69) is 26.3 Å². The molecule has 0 aliphatic carbocycles. The molecule has 0 saturated carbocycles. The van der Waals surface area contributed by atoms with E-state index in [0.29, 0.717) is 25.2 Å². The molecule has 1 amide bonds. The number of halogens is 2. The van der Waals surface area contributed by atoms with E-state index >= 15 is 0 Å². The summed E-state index contributed by atoms with van der Waals surface area (Å²) >= 11 is 1.47. The highest BCUT2D eigenvalue weighted by Crippen LogP contribution is 2.17. The molecule has 2 aromatic rings. The predicted molar refractivity (Wildman–Crippen MR) is 115 cm³/mol. The van der Waals surface area contributed by atoms with Crippen LogP contribution in [-0.4, -0.2) is 35.5 Å². The molecule has 1 aliphatic heterocycles. The second kappa shape index (κ2) is 12.1. The van der Waals surface area contributed by atoms with Crippen molar-refractivity contribution in [3.05, 3.63) is 40.0 Å². The van der Waals surface area contributed by atoms with Gasteiger partial charge in [-0.3, -0.25) is 4.79 Å². The van der Waals surface area contributed by atoms with Gasteiger partial charge in [-0.25, -0.2) is 9.97 Å². The molecule has 150 valence electrons. The van der Waals surface area contributed by atoms with Gasteiger partial charge in [0.05, 0.1) is 5.01 Å². The third-order valence-electron chi connectivity index (χ3n) is 4.33. The molecular formula is C18H27Cl2N5OS. The van der Waals surface area contributed by atoms with E-state index in [4.69, 9.17) is 5.73 Å². The molecule has 0 aromatic carbocycles. The SMILES string of the molecule is Cl.Cl.NCCc1nc(C(=O)NCc2ccc(N3CCCCCC3)nc2)cs1. The largest absolute Gasteiger partial charge is 0.357 e. The first-order chi connectivity index (χ1) is 12.3. The molecular weight excluding hydrogens is 405 g/mol. The van der Waals surface area contributed by atoms with Gasteiger partial charge in [0.25, 0.3) is 5.91 Å². The van der Waals surface area contributed by atoms with Gasteiger partial charge < -0.3 is 16.0 Å². The van der Waals surface area contributed by atoms with Gasteiger partial charge in [0.1, 0.15) is 11.5 Å². The number of nitrogens with two attached hydrogens (primary N) is 1. The third kappa shape index (κ3) is 6.92. The Morgan fingerprint density at radius 1 is 1.19 bits per heavy atom. The van der Waals surface area contributed by atoms with Crippen molar-refractivity contribution in [1.29, 1.82) is 0 Å². The summed E-state index contributed by atoms with van der Waals surface area (Å²) in [7, 11) is 0. The molecule has 0 bridgehead atoms. The average Bonchev–Trinajstić information content (AvgIpc) is 2.94. The molecule has 0 radical (unpaired) electrons. The summed E-state index contributed by atoms with van der Waals surface area (Å²) in [6.07, 6.45) is 7.65. The minimum Gasteiger partial charge on any atom is -0.357 e. The van der Waals surface area contributed by atoms with E-state index in [1.807, 2.05) is 12.3 Å². The van der Waals surface area contributed by atoms with Crippen molar-refractivity contribution < 1.29 is 4.79 Å². The van der Waals surface area contributed by atoms with Crippen molar-refractivity contribution >= 4 is 47.9 Å². The fourth-order valence-corrected chi connectivity index (χ4v) is 3.73. The van der Waals surface area contributed by atoms with Crippen molar-refractivity contribution in [3.63, 3.8) is 0 Å². The molecule has 27 heavy (non-hydrogen) atoms.